The van der Waals surface area contributed by atoms with E-state index >= 15 is 0 Å². The van der Waals surface area contributed by atoms with E-state index in [-0.39, 0.29) is 6.47 Å². The molecule has 15 heavy (non-hydrogen) atoms. The van der Waals surface area contributed by atoms with Gasteiger partial charge in [0.1, 0.15) is 0 Å². The van der Waals surface area contributed by atoms with Gasteiger partial charge in [0.05, 0.1) is 4.92 Å². The fourth-order valence-electron chi connectivity index (χ4n) is 0.980. The van der Waals surface area contributed by atoms with Gasteiger partial charge in [-0.25, -0.2) is 0 Å². The van der Waals surface area contributed by atoms with Gasteiger partial charge >= 0.3 is 6.23 Å². The SMILES string of the molecule is O=COC(/C=C/c1ccccc1)[N+](=O)[O-]. The van der Waals surface area contributed by atoms with Crippen LogP contribution in [0, 0.1) is 10.1 Å². The maximum atomic E-state index is 10.4. The van der Waals surface area contributed by atoms with Crippen molar-refractivity contribution in [1.82, 2.24) is 0 Å². The van der Waals surface area contributed by atoms with E-state index in [0.29, 0.717) is 0 Å². The zero-order valence-corrected chi connectivity index (χ0v) is 7.78. The van der Waals surface area contributed by atoms with E-state index in [0.717, 1.165) is 5.56 Å². The van der Waals surface area contributed by atoms with E-state index in [9.17, 15) is 14.9 Å². The molecule has 0 fully saturated rings. The van der Waals surface area contributed by atoms with Gasteiger partial charge in [-0.3, -0.25) is 14.9 Å². The van der Waals surface area contributed by atoms with E-state index < -0.39 is 11.2 Å². The van der Waals surface area contributed by atoms with Crippen LogP contribution < -0.4 is 0 Å². The van der Waals surface area contributed by atoms with Crippen molar-refractivity contribution in [3.63, 3.8) is 0 Å². The Hall–Kier alpha value is -2.17. The molecule has 0 saturated carbocycles. The van der Waals surface area contributed by atoms with Crippen LogP contribution in [-0.2, 0) is 9.53 Å². The molecule has 0 saturated heterocycles. The summed E-state index contributed by atoms with van der Waals surface area (Å²) in [5.74, 6) is 0. The van der Waals surface area contributed by atoms with Gasteiger partial charge in [-0.1, -0.05) is 30.3 Å². The monoisotopic (exact) mass is 207 g/mol. The van der Waals surface area contributed by atoms with Crippen LogP contribution in [0.15, 0.2) is 36.4 Å². The van der Waals surface area contributed by atoms with Crippen molar-refractivity contribution in [2.24, 2.45) is 0 Å². The van der Waals surface area contributed by atoms with Crippen LogP contribution in [0.1, 0.15) is 5.56 Å². The molecule has 0 radical (unpaired) electrons. The molecule has 0 bridgehead atoms. The third-order valence-corrected chi connectivity index (χ3v) is 1.66. The predicted molar refractivity (Wildman–Crippen MR) is 53.4 cm³/mol. The second kappa shape index (κ2) is 5.54. The highest BCUT2D eigenvalue weighted by Gasteiger charge is 2.15. The van der Waals surface area contributed by atoms with Gasteiger partial charge in [0.15, 0.2) is 0 Å². The van der Waals surface area contributed by atoms with Gasteiger partial charge in [-0.05, 0) is 11.6 Å². The van der Waals surface area contributed by atoms with Crippen LogP contribution in [0.2, 0.25) is 0 Å². The topological polar surface area (TPSA) is 69.4 Å². The zero-order valence-electron chi connectivity index (χ0n) is 7.78. The lowest BCUT2D eigenvalue weighted by Crippen LogP contribution is -2.19. The summed E-state index contributed by atoms with van der Waals surface area (Å²) in [5.41, 5.74) is 0.804. The molecule has 0 amide bonds. The van der Waals surface area contributed by atoms with Crippen molar-refractivity contribution in [3.05, 3.63) is 52.1 Å². The molecule has 0 heterocycles. The Morgan fingerprint density at radius 2 is 2.00 bits per heavy atom. The third kappa shape index (κ3) is 3.60. The van der Waals surface area contributed by atoms with Gasteiger partial charge in [-0.15, -0.1) is 0 Å². The number of hydrogen-bond acceptors (Lipinski definition) is 4. The molecule has 1 aromatic carbocycles. The molecule has 1 unspecified atom stereocenters. The van der Waals surface area contributed by atoms with E-state index in [1.165, 1.54) is 12.2 Å². The molecule has 0 aromatic heterocycles. The van der Waals surface area contributed by atoms with Gasteiger partial charge in [-0.2, -0.15) is 0 Å². The highest BCUT2D eigenvalue weighted by Crippen LogP contribution is 2.03. The van der Waals surface area contributed by atoms with E-state index in [1.807, 2.05) is 6.07 Å². The van der Waals surface area contributed by atoms with Crippen LogP contribution in [0.5, 0.6) is 0 Å². The lowest BCUT2D eigenvalue weighted by atomic mass is 10.2. The highest BCUT2D eigenvalue weighted by atomic mass is 16.7. The maximum absolute atomic E-state index is 10.4. The number of nitro groups is 1. The molecule has 0 aliphatic carbocycles. The number of ether oxygens (including phenoxy) is 1. The average Bonchev–Trinajstić information content (AvgIpc) is 2.25. The van der Waals surface area contributed by atoms with Gasteiger partial charge in [0.2, 0.25) is 0 Å². The van der Waals surface area contributed by atoms with Gasteiger partial charge < -0.3 is 4.74 Å². The van der Waals surface area contributed by atoms with Crippen LogP contribution in [0.4, 0.5) is 0 Å². The first-order valence-corrected chi connectivity index (χ1v) is 4.20. The summed E-state index contributed by atoms with van der Waals surface area (Å²) >= 11 is 0. The van der Waals surface area contributed by atoms with Gasteiger partial charge in [0, 0.05) is 6.08 Å². The normalized spacial score (nSPS) is 12.3. The van der Waals surface area contributed by atoms with Crippen molar-refractivity contribution < 1.29 is 14.5 Å². The molecule has 78 valence electrons. The van der Waals surface area contributed by atoms with Crippen LogP contribution in [0.3, 0.4) is 0 Å². The quantitative estimate of drug-likeness (QED) is 0.317. The zero-order chi connectivity index (χ0) is 11.1. The van der Waals surface area contributed by atoms with Crippen LogP contribution in [-0.4, -0.2) is 17.6 Å². The molecule has 0 spiro atoms. The summed E-state index contributed by atoms with van der Waals surface area (Å²) in [5, 5.41) is 10.4. The number of benzene rings is 1. The largest absolute Gasteiger partial charge is 0.397 e. The molecule has 5 heteroatoms. The van der Waals surface area contributed by atoms with E-state index in [4.69, 9.17) is 0 Å². The maximum Gasteiger partial charge on any atom is 0.376 e. The van der Waals surface area contributed by atoms with Gasteiger partial charge in [0.25, 0.3) is 6.47 Å². The van der Waals surface area contributed by atoms with E-state index in [1.54, 1.807) is 24.3 Å². The number of rotatable bonds is 5. The predicted octanol–water partition coefficient (Wildman–Crippen LogP) is 1.48. The summed E-state index contributed by atoms with van der Waals surface area (Å²) < 4.78 is 4.26. The number of carbonyl (C=O) groups excluding carboxylic acids is 1. The van der Waals surface area contributed by atoms with E-state index in [2.05, 4.69) is 4.74 Å². The Bertz CT molecular complexity index is 361. The molecular weight excluding hydrogens is 198 g/mol. The minimum atomic E-state index is -1.43. The molecule has 0 aliphatic rings. The summed E-state index contributed by atoms with van der Waals surface area (Å²) in [6.45, 7) is 0.0583. The summed E-state index contributed by atoms with van der Waals surface area (Å²) in [6.07, 6.45) is 1.31. The van der Waals surface area contributed by atoms with Crippen molar-refractivity contribution in [2.75, 3.05) is 0 Å². The van der Waals surface area contributed by atoms with Crippen LogP contribution >= 0.6 is 0 Å². The van der Waals surface area contributed by atoms with Crippen LogP contribution in [0.25, 0.3) is 6.08 Å². The lowest BCUT2D eigenvalue weighted by molar-refractivity contribution is -0.551. The Labute approximate surface area is 86.1 Å². The second-order valence-electron chi connectivity index (χ2n) is 2.68. The molecule has 1 rings (SSSR count). The minimum absolute atomic E-state index is 0.0583. The van der Waals surface area contributed by atoms with Crippen molar-refractivity contribution in [1.29, 1.82) is 0 Å². The smallest absolute Gasteiger partial charge is 0.376 e. The Balaban J connectivity index is 2.69. The number of carbonyl (C=O) groups is 1. The van der Waals surface area contributed by atoms with Crippen molar-refractivity contribution >= 4 is 12.5 Å². The standard InChI is InChI=1S/C10H9NO4/c12-8-15-10(11(13)14)7-6-9-4-2-1-3-5-9/h1-8,10H/b7-6+. The fraction of sp³-hybridized carbons (Fsp3) is 0.100. The highest BCUT2D eigenvalue weighted by molar-refractivity contribution is 5.49. The summed E-state index contributed by atoms with van der Waals surface area (Å²) in [6, 6.07) is 9.02. The molecule has 1 aromatic rings. The number of hydrogen-bond donors (Lipinski definition) is 0. The first-order valence-electron chi connectivity index (χ1n) is 4.20. The fourth-order valence-corrected chi connectivity index (χ4v) is 0.980. The average molecular weight is 207 g/mol. The Morgan fingerprint density at radius 3 is 2.53 bits per heavy atom. The molecular formula is C10H9NO4. The first kappa shape index (κ1) is 10.9. The first-order chi connectivity index (χ1) is 7.24. The van der Waals surface area contributed by atoms with Crippen molar-refractivity contribution in [2.45, 2.75) is 6.23 Å². The minimum Gasteiger partial charge on any atom is -0.397 e. The molecule has 1 atom stereocenters. The Kier molecular flexibility index (Phi) is 4.03. The second-order valence-corrected chi connectivity index (χ2v) is 2.68. The van der Waals surface area contributed by atoms with Crippen molar-refractivity contribution in [3.8, 4) is 0 Å². The lowest BCUT2D eigenvalue weighted by Gasteiger charge is -2.00. The summed E-state index contributed by atoms with van der Waals surface area (Å²) in [7, 11) is 0. The molecule has 5 nitrogen and oxygen atoms in total. The Morgan fingerprint density at radius 1 is 1.33 bits per heavy atom. The summed E-state index contributed by atoms with van der Waals surface area (Å²) in [4.78, 5) is 19.7. The third-order valence-electron chi connectivity index (χ3n) is 1.66. The molecule has 0 N–H and O–H groups in total. The molecule has 0 aliphatic heterocycles. The number of nitrogens with zero attached hydrogens (tertiary/aromatic N) is 1.